The highest BCUT2D eigenvalue weighted by Crippen LogP contribution is 2.25. The molecule has 0 bridgehead atoms. The maximum atomic E-state index is 4.56. The maximum absolute atomic E-state index is 4.56. The molecule has 122 valence electrons. The second-order valence-corrected chi connectivity index (χ2v) is 6.21. The van der Waals surface area contributed by atoms with Gasteiger partial charge in [0.15, 0.2) is 0 Å². The molecular formula is C19H15N5S. The predicted molar refractivity (Wildman–Crippen MR) is 103 cm³/mol. The molecule has 0 aliphatic heterocycles. The van der Waals surface area contributed by atoms with Crippen molar-refractivity contribution in [2.75, 3.05) is 5.43 Å². The molecule has 0 fully saturated rings. The van der Waals surface area contributed by atoms with E-state index in [1.165, 1.54) is 11.3 Å². The maximum Gasteiger partial charge on any atom is 0.203 e. The molecule has 0 saturated carbocycles. The number of benzene rings is 2. The number of hydrogen-bond acceptors (Lipinski definition) is 5. The molecule has 0 spiro atoms. The summed E-state index contributed by atoms with van der Waals surface area (Å²) in [6.07, 6.45) is 5.46. The highest BCUT2D eigenvalue weighted by molar-refractivity contribution is 7.14. The minimum Gasteiger partial charge on any atom is -0.285 e. The standard InChI is InChI=1S/C19H15N5S/c1-2-6-14(7-3-1)18-13-25-19(23-18)24-22-10-15-8-4-5-9-17(15)16-11-20-21-12-16/h1-13H,(H,20,21)(H,23,24). The first-order chi connectivity index (χ1) is 12.4. The molecule has 2 N–H and O–H groups in total. The van der Waals surface area contributed by atoms with E-state index in [4.69, 9.17) is 0 Å². The molecule has 5 nitrogen and oxygen atoms in total. The van der Waals surface area contributed by atoms with E-state index in [0.29, 0.717) is 0 Å². The van der Waals surface area contributed by atoms with E-state index < -0.39 is 0 Å². The van der Waals surface area contributed by atoms with E-state index in [1.54, 1.807) is 12.4 Å². The Hall–Kier alpha value is -3.25. The van der Waals surface area contributed by atoms with Crippen molar-refractivity contribution >= 4 is 22.7 Å². The van der Waals surface area contributed by atoms with Gasteiger partial charge in [-0.3, -0.25) is 10.5 Å². The first-order valence-corrected chi connectivity index (χ1v) is 8.66. The van der Waals surface area contributed by atoms with Crippen LogP contribution in [0.5, 0.6) is 0 Å². The number of aromatic amines is 1. The van der Waals surface area contributed by atoms with Crippen LogP contribution in [0.15, 0.2) is 77.5 Å². The number of hydrazone groups is 1. The van der Waals surface area contributed by atoms with Crippen LogP contribution in [0.4, 0.5) is 5.13 Å². The number of nitrogens with one attached hydrogen (secondary N) is 2. The second kappa shape index (κ2) is 7.11. The first kappa shape index (κ1) is 15.3. The molecule has 2 aromatic heterocycles. The Morgan fingerprint density at radius 3 is 2.68 bits per heavy atom. The largest absolute Gasteiger partial charge is 0.285 e. The fraction of sp³-hybridized carbons (Fsp3) is 0. The third-order valence-electron chi connectivity index (χ3n) is 3.71. The number of nitrogens with zero attached hydrogens (tertiary/aromatic N) is 3. The molecule has 4 aromatic rings. The summed E-state index contributed by atoms with van der Waals surface area (Å²) in [5, 5.41) is 14.0. The van der Waals surface area contributed by atoms with Crippen molar-refractivity contribution in [1.82, 2.24) is 15.2 Å². The summed E-state index contributed by atoms with van der Waals surface area (Å²) in [6, 6.07) is 18.2. The SMILES string of the molecule is C(=NNc1nc(-c2ccccc2)cs1)c1ccccc1-c1cn[nH]c1. The van der Waals surface area contributed by atoms with Crippen LogP contribution in [0.1, 0.15) is 5.56 Å². The minimum atomic E-state index is 0.760. The van der Waals surface area contributed by atoms with Crippen LogP contribution in [-0.2, 0) is 0 Å². The third kappa shape index (κ3) is 3.49. The summed E-state index contributed by atoms with van der Waals surface area (Å²) in [6.45, 7) is 0. The Morgan fingerprint density at radius 2 is 1.84 bits per heavy atom. The third-order valence-corrected chi connectivity index (χ3v) is 4.45. The number of anilines is 1. The number of H-pyrrole nitrogens is 1. The summed E-state index contributed by atoms with van der Waals surface area (Å²) >= 11 is 1.53. The van der Waals surface area contributed by atoms with Gasteiger partial charge in [0.2, 0.25) is 5.13 Å². The molecule has 0 atom stereocenters. The van der Waals surface area contributed by atoms with Gasteiger partial charge in [-0.2, -0.15) is 10.2 Å². The summed E-state index contributed by atoms with van der Waals surface area (Å²) in [5.41, 5.74) is 8.17. The van der Waals surface area contributed by atoms with E-state index in [-0.39, 0.29) is 0 Å². The lowest BCUT2D eigenvalue weighted by Crippen LogP contribution is -1.92. The van der Waals surface area contributed by atoms with Crippen LogP contribution in [0.3, 0.4) is 0 Å². The van der Waals surface area contributed by atoms with Gasteiger partial charge in [0.1, 0.15) is 0 Å². The van der Waals surface area contributed by atoms with Crippen molar-refractivity contribution in [2.24, 2.45) is 5.10 Å². The molecule has 0 aliphatic carbocycles. The topological polar surface area (TPSA) is 66.0 Å². The van der Waals surface area contributed by atoms with Crippen molar-refractivity contribution in [3.05, 3.63) is 77.9 Å². The molecule has 0 saturated heterocycles. The predicted octanol–water partition coefficient (Wildman–Crippen LogP) is 4.65. The molecule has 0 aliphatic rings. The lowest BCUT2D eigenvalue weighted by Gasteiger charge is -2.02. The van der Waals surface area contributed by atoms with Crippen molar-refractivity contribution in [3.63, 3.8) is 0 Å². The van der Waals surface area contributed by atoms with E-state index in [1.807, 2.05) is 66.2 Å². The summed E-state index contributed by atoms with van der Waals surface area (Å²) in [5.74, 6) is 0. The van der Waals surface area contributed by atoms with Crippen LogP contribution in [-0.4, -0.2) is 21.4 Å². The van der Waals surface area contributed by atoms with E-state index in [2.05, 4.69) is 25.7 Å². The number of hydrogen-bond donors (Lipinski definition) is 2. The average molecular weight is 345 g/mol. The molecule has 0 amide bonds. The van der Waals surface area contributed by atoms with Crippen molar-refractivity contribution in [2.45, 2.75) is 0 Å². The zero-order chi connectivity index (χ0) is 16.9. The van der Waals surface area contributed by atoms with Gasteiger partial charge < -0.3 is 0 Å². The molecular weight excluding hydrogens is 330 g/mol. The van der Waals surface area contributed by atoms with Gasteiger partial charge >= 0.3 is 0 Å². The minimum absolute atomic E-state index is 0.760. The zero-order valence-corrected chi connectivity index (χ0v) is 14.1. The van der Waals surface area contributed by atoms with Gasteiger partial charge in [0.05, 0.1) is 18.1 Å². The Kier molecular flexibility index (Phi) is 4.35. The average Bonchev–Trinajstić information content (AvgIpc) is 3.35. The van der Waals surface area contributed by atoms with Gasteiger partial charge in [-0.25, -0.2) is 4.98 Å². The highest BCUT2D eigenvalue weighted by Gasteiger charge is 2.05. The molecule has 2 aromatic carbocycles. The molecule has 4 rings (SSSR count). The molecule has 25 heavy (non-hydrogen) atoms. The summed E-state index contributed by atoms with van der Waals surface area (Å²) < 4.78 is 0. The number of aromatic nitrogens is 3. The normalized spacial score (nSPS) is 11.0. The molecule has 2 heterocycles. The van der Waals surface area contributed by atoms with Gasteiger partial charge in [0.25, 0.3) is 0 Å². The molecule has 6 heteroatoms. The van der Waals surface area contributed by atoms with Gasteiger partial charge in [-0.1, -0.05) is 54.6 Å². The monoisotopic (exact) mass is 345 g/mol. The quantitative estimate of drug-likeness (QED) is 0.409. The Morgan fingerprint density at radius 1 is 1.00 bits per heavy atom. The van der Waals surface area contributed by atoms with Crippen LogP contribution in [0.25, 0.3) is 22.4 Å². The zero-order valence-electron chi connectivity index (χ0n) is 13.3. The van der Waals surface area contributed by atoms with Crippen molar-refractivity contribution < 1.29 is 0 Å². The van der Waals surface area contributed by atoms with E-state index >= 15 is 0 Å². The van der Waals surface area contributed by atoms with Crippen molar-refractivity contribution in [3.8, 4) is 22.4 Å². The number of thiazole rings is 1. The summed E-state index contributed by atoms with van der Waals surface area (Å²) in [7, 11) is 0. The smallest absolute Gasteiger partial charge is 0.203 e. The van der Waals surface area contributed by atoms with Gasteiger partial charge in [-0.05, 0) is 5.56 Å². The fourth-order valence-corrected chi connectivity index (χ4v) is 3.16. The lowest BCUT2D eigenvalue weighted by atomic mass is 10.0. The highest BCUT2D eigenvalue weighted by atomic mass is 32.1. The first-order valence-electron chi connectivity index (χ1n) is 7.78. The Labute approximate surface area is 149 Å². The van der Waals surface area contributed by atoms with Crippen molar-refractivity contribution in [1.29, 1.82) is 0 Å². The molecule has 0 unspecified atom stereocenters. The van der Waals surface area contributed by atoms with E-state index in [0.717, 1.165) is 33.1 Å². The van der Waals surface area contributed by atoms with Crippen LogP contribution < -0.4 is 5.43 Å². The summed E-state index contributed by atoms with van der Waals surface area (Å²) in [4.78, 5) is 4.56. The molecule has 0 radical (unpaired) electrons. The van der Waals surface area contributed by atoms with E-state index in [9.17, 15) is 0 Å². The number of rotatable bonds is 5. The second-order valence-electron chi connectivity index (χ2n) is 5.35. The Bertz CT molecular complexity index is 974. The van der Waals surface area contributed by atoms with Crippen LogP contribution in [0.2, 0.25) is 0 Å². The fourth-order valence-electron chi connectivity index (χ4n) is 2.49. The van der Waals surface area contributed by atoms with Gasteiger partial charge in [-0.15, -0.1) is 11.3 Å². The van der Waals surface area contributed by atoms with Gasteiger partial charge in [0, 0.05) is 28.3 Å². The van der Waals surface area contributed by atoms with Crippen LogP contribution >= 0.6 is 11.3 Å². The Balaban J connectivity index is 1.50. The van der Waals surface area contributed by atoms with Crippen LogP contribution in [0, 0.1) is 0 Å². The lowest BCUT2D eigenvalue weighted by molar-refractivity contribution is 1.09.